The van der Waals surface area contributed by atoms with Gasteiger partial charge in [0.2, 0.25) is 5.89 Å². The summed E-state index contributed by atoms with van der Waals surface area (Å²) in [4.78, 5) is 4.36. The second-order valence-electron chi connectivity index (χ2n) is 5.56. The van der Waals surface area contributed by atoms with Crippen molar-refractivity contribution >= 4 is 11.6 Å². The largest absolute Gasteiger partial charge is 0.337 e. The highest BCUT2D eigenvalue weighted by Gasteiger charge is 2.21. The summed E-state index contributed by atoms with van der Waals surface area (Å²) in [7, 11) is 0. The summed E-state index contributed by atoms with van der Waals surface area (Å²) in [6.45, 7) is 6.41. The van der Waals surface area contributed by atoms with Gasteiger partial charge in [-0.1, -0.05) is 56.3 Å². The van der Waals surface area contributed by atoms with E-state index in [1.54, 1.807) is 0 Å². The molecule has 2 rings (SSSR count). The maximum absolute atomic E-state index is 6.32. The average molecular weight is 265 g/mol. The zero-order chi connectivity index (χ0) is 13.2. The fraction of sp³-hybridized carbons (Fsp3) is 0.429. The third-order valence-electron chi connectivity index (χ3n) is 2.48. The molecule has 0 amide bonds. The SMILES string of the molecule is CC(C)(C)Cc1noc(C(Cl)c2ccccc2)n1. The average Bonchev–Trinajstić information content (AvgIpc) is 2.75. The summed E-state index contributed by atoms with van der Waals surface area (Å²) in [5.41, 5.74) is 1.10. The molecule has 4 heteroatoms. The van der Waals surface area contributed by atoms with E-state index in [0.29, 0.717) is 11.7 Å². The summed E-state index contributed by atoms with van der Waals surface area (Å²) in [6, 6.07) is 9.73. The minimum Gasteiger partial charge on any atom is -0.337 e. The van der Waals surface area contributed by atoms with Gasteiger partial charge in [-0.05, 0) is 11.0 Å². The molecule has 18 heavy (non-hydrogen) atoms. The molecule has 0 saturated carbocycles. The number of halogens is 1. The monoisotopic (exact) mass is 264 g/mol. The van der Waals surface area contributed by atoms with Crippen LogP contribution in [0.25, 0.3) is 0 Å². The molecule has 0 aliphatic rings. The Morgan fingerprint density at radius 3 is 2.50 bits per heavy atom. The first-order valence-electron chi connectivity index (χ1n) is 5.97. The lowest BCUT2D eigenvalue weighted by atomic mass is 9.92. The van der Waals surface area contributed by atoms with Gasteiger partial charge in [0, 0.05) is 6.42 Å². The Morgan fingerprint density at radius 2 is 1.89 bits per heavy atom. The molecule has 0 fully saturated rings. The molecule has 0 N–H and O–H groups in total. The van der Waals surface area contributed by atoms with Gasteiger partial charge in [0.1, 0.15) is 5.38 Å². The van der Waals surface area contributed by atoms with Crippen LogP contribution in [0.5, 0.6) is 0 Å². The summed E-state index contributed by atoms with van der Waals surface area (Å²) in [5, 5.41) is 3.60. The highest BCUT2D eigenvalue weighted by atomic mass is 35.5. The predicted octanol–water partition coefficient (Wildman–Crippen LogP) is 3.99. The van der Waals surface area contributed by atoms with Crippen LogP contribution in [0.2, 0.25) is 0 Å². The van der Waals surface area contributed by atoms with Crippen LogP contribution in [0, 0.1) is 5.41 Å². The first-order valence-corrected chi connectivity index (χ1v) is 6.41. The number of hydrogen-bond acceptors (Lipinski definition) is 3. The molecule has 96 valence electrons. The van der Waals surface area contributed by atoms with Crippen molar-refractivity contribution in [1.29, 1.82) is 0 Å². The van der Waals surface area contributed by atoms with Crippen LogP contribution in [0.1, 0.15) is 43.4 Å². The van der Waals surface area contributed by atoms with Crippen molar-refractivity contribution in [2.75, 3.05) is 0 Å². The summed E-state index contributed by atoms with van der Waals surface area (Å²) < 4.78 is 5.23. The van der Waals surface area contributed by atoms with E-state index in [9.17, 15) is 0 Å². The zero-order valence-corrected chi connectivity index (χ0v) is 11.6. The minimum atomic E-state index is -0.382. The quantitative estimate of drug-likeness (QED) is 0.787. The normalized spacial score (nSPS) is 13.6. The van der Waals surface area contributed by atoms with E-state index in [0.717, 1.165) is 12.0 Å². The molecule has 1 unspecified atom stereocenters. The van der Waals surface area contributed by atoms with E-state index in [1.807, 2.05) is 30.3 Å². The van der Waals surface area contributed by atoms with Crippen LogP contribution in [0.4, 0.5) is 0 Å². The van der Waals surface area contributed by atoms with Crippen LogP contribution >= 0.6 is 11.6 Å². The summed E-state index contributed by atoms with van der Waals surface area (Å²) in [6.07, 6.45) is 0.773. The molecule has 0 spiro atoms. The molecule has 0 aliphatic carbocycles. The third kappa shape index (κ3) is 3.33. The van der Waals surface area contributed by atoms with Gasteiger partial charge in [-0.15, -0.1) is 11.6 Å². The van der Waals surface area contributed by atoms with Crippen molar-refractivity contribution in [3.63, 3.8) is 0 Å². The highest BCUT2D eigenvalue weighted by molar-refractivity contribution is 6.22. The molecule has 2 aromatic rings. The fourth-order valence-electron chi connectivity index (χ4n) is 1.68. The summed E-state index contributed by atoms with van der Waals surface area (Å²) >= 11 is 6.32. The molecule has 1 heterocycles. The van der Waals surface area contributed by atoms with Gasteiger partial charge in [-0.3, -0.25) is 0 Å². The maximum atomic E-state index is 6.32. The molecule has 0 bridgehead atoms. The second-order valence-corrected chi connectivity index (χ2v) is 6.00. The van der Waals surface area contributed by atoms with Crippen molar-refractivity contribution in [3.05, 3.63) is 47.6 Å². The van der Waals surface area contributed by atoms with Gasteiger partial charge in [0.15, 0.2) is 5.82 Å². The molecule has 3 nitrogen and oxygen atoms in total. The number of nitrogens with zero attached hydrogens (tertiary/aromatic N) is 2. The Bertz CT molecular complexity index is 502. The first-order chi connectivity index (χ1) is 8.46. The molecular formula is C14H17ClN2O. The molecule has 1 atom stereocenters. The Kier molecular flexibility index (Phi) is 3.71. The van der Waals surface area contributed by atoms with Crippen LogP contribution in [-0.4, -0.2) is 10.1 Å². The summed E-state index contributed by atoms with van der Waals surface area (Å²) in [5.74, 6) is 1.17. The Hall–Kier alpha value is -1.35. The molecule has 0 radical (unpaired) electrons. The van der Waals surface area contributed by atoms with Crippen molar-refractivity contribution in [2.45, 2.75) is 32.6 Å². The van der Waals surface area contributed by atoms with E-state index in [1.165, 1.54) is 0 Å². The smallest absolute Gasteiger partial charge is 0.249 e. The van der Waals surface area contributed by atoms with E-state index in [4.69, 9.17) is 16.1 Å². The van der Waals surface area contributed by atoms with Gasteiger partial charge >= 0.3 is 0 Å². The van der Waals surface area contributed by atoms with Crippen molar-refractivity contribution in [1.82, 2.24) is 10.1 Å². The number of hydrogen-bond donors (Lipinski definition) is 0. The number of rotatable bonds is 3. The fourth-order valence-corrected chi connectivity index (χ4v) is 1.92. The Balaban J connectivity index is 2.15. The van der Waals surface area contributed by atoms with Crippen LogP contribution < -0.4 is 0 Å². The van der Waals surface area contributed by atoms with Gasteiger partial charge in [0.05, 0.1) is 0 Å². The highest BCUT2D eigenvalue weighted by Crippen LogP contribution is 2.28. The number of alkyl halides is 1. The van der Waals surface area contributed by atoms with Gasteiger partial charge < -0.3 is 4.52 Å². The van der Waals surface area contributed by atoms with E-state index in [2.05, 4.69) is 30.9 Å². The lowest BCUT2D eigenvalue weighted by Gasteiger charge is -2.14. The standard InChI is InChI=1S/C14H17ClN2O/c1-14(2,3)9-11-16-13(18-17-11)12(15)10-7-5-4-6-8-10/h4-8,12H,9H2,1-3H3. The first kappa shape index (κ1) is 13.1. The van der Waals surface area contributed by atoms with E-state index in [-0.39, 0.29) is 10.8 Å². The zero-order valence-electron chi connectivity index (χ0n) is 10.9. The van der Waals surface area contributed by atoms with E-state index < -0.39 is 0 Å². The van der Waals surface area contributed by atoms with Crippen LogP contribution in [0.15, 0.2) is 34.9 Å². The van der Waals surface area contributed by atoms with Crippen LogP contribution in [0.3, 0.4) is 0 Å². The second kappa shape index (κ2) is 5.11. The minimum absolute atomic E-state index is 0.135. The number of benzene rings is 1. The molecule has 0 saturated heterocycles. The Labute approximate surface area is 112 Å². The molecule has 1 aromatic carbocycles. The third-order valence-corrected chi connectivity index (χ3v) is 2.92. The van der Waals surface area contributed by atoms with Gasteiger partial charge in [-0.25, -0.2) is 0 Å². The number of aromatic nitrogens is 2. The molecule has 1 aromatic heterocycles. The lowest BCUT2D eigenvalue weighted by molar-refractivity contribution is 0.356. The van der Waals surface area contributed by atoms with Crippen LogP contribution in [-0.2, 0) is 6.42 Å². The molecular weight excluding hydrogens is 248 g/mol. The van der Waals surface area contributed by atoms with Crippen molar-refractivity contribution < 1.29 is 4.52 Å². The predicted molar refractivity (Wildman–Crippen MR) is 71.6 cm³/mol. The van der Waals surface area contributed by atoms with Gasteiger partial charge in [0.25, 0.3) is 0 Å². The van der Waals surface area contributed by atoms with Crippen molar-refractivity contribution in [2.24, 2.45) is 5.41 Å². The van der Waals surface area contributed by atoms with E-state index >= 15 is 0 Å². The van der Waals surface area contributed by atoms with Gasteiger partial charge in [-0.2, -0.15) is 4.98 Å². The topological polar surface area (TPSA) is 38.9 Å². The Morgan fingerprint density at radius 1 is 1.22 bits per heavy atom. The molecule has 0 aliphatic heterocycles. The maximum Gasteiger partial charge on any atom is 0.249 e. The van der Waals surface area contributed by atoms with Crippen molar-refractivity contribution in [3.8, 4) is 0 Å². The lowest BCUT2D eigenvalue weighted by Crippen LogP contribution is -2.10.